The van der Waals surface area contributed by atoms with E-state index in [0.717, 1.165) is 31.2 Å². The first kappa shape index (κ1) is 13.0. The van der Waals surface area contributed by atoms with Gasteiger partial charge in [-0.3, -0.25) is 9.88 Å². The van der Waals surface area contributed by atoms with Crippen molar-refractivity contribution in [1.82, 2.24) is 20.0 Å². The Morgan fingerprint density at radius 3 is 2.81 bits per heavy atom. The van der Waals surface area contributed by atoms with Crippen molar-refractivity contribution in [2.24, 2.45) is 0 Å². The highest BCUT2D eigenvalue weighted by Crippen LogP contribution is 2.39. The van der Waals surface area contributed by atoms with Gasteiger partial charge in [-0.15, -0.1) is 0 Å². The summed E-state index contributed by atoms with van der Waals surface area (Å²) in [4.78, 5) is 11.2. The van der Waals surface area contributed by atoms with Crippen molar-refractivity contribution >= 4 is 0 Å². The molecular formula is C16H20N4O. The van der Waals surface area contributed by atoms with E-state index in [9.17, 15) is 0 Å². The molecule has 2 aliphatic rings. The van der Waals surface area contributed by atoms with Crippen molar-refractivity contribution in [1.29, 1.82) is 0 Å². The van der Waals surface area contributed by atoms with Gasteiger partial charge in [-0.25, -0.2) is 0 Å². The van der Waals surface area contributed by atoms with Gasteiger partial charge in [-0.05, 0) is 49.9 Å². The zero-order chi connectivity index (χ0) is 14.1. The average molecular weight is 284 g/mol. The van der Waals surface area contributed by atoms with Gasteiger partial charge in [0.2, 0.25) is 5.89 Å². The number of hydrogen-bond acceptors (Lipinski definition) is 5. The fraction of sp³-hybridized carbons (Fsp3) is 0.562. The van der Waals surface area contributed by atoms with Gasteiger partial charge in [-0.2, -0.15) is 4.98 Å². The first-order chi connectivity index (χ1) is 10.4. The topological polar surface area (TPSA) is 55.1 Å². The lowest BCUT2D eigenvalue weighted by molar-refractivity contribution is 0.111. The molecule has 1 atom stereocenters. The Morgan fingerprint density at radius 2 is 2.00 bits per heavy atom. The molecule has 1 aliphatic carbocycles. The molecule has 1 aliphatic heterocycles. The van der Waals surface area contributed by atoms with Crippen molar-refractivity contribution in [2.75, 3.05) is 6.54 Å². The van der Waals surface area contributed by atoms with Gasteiger partial charge in [0.1, 0.15) is 0 Å². The Bertz CT molecular complexity index is 593. The van der Waals surface area contributed by atoms with Crippen LogP contribution in [0.5, 0.6) is 0 Å². The molecule has 2 aromatic heterocycles. The Balaban J connectivity index is 1.52. The molecule has 5 heteroatoms. The minimum Gasteiger partial charge on any atom is -0.338 e. The molecule has 0 radical (unpaired) electrons. The molecule has 21 heavy (non-hydrogen) atoms. The number of likely N-dealkylation sites (tertiary alicyclic amines) is 1. The molecule has 1 saturated carbocycles. The number of aromatic nitrogens is 3. The molecule has 4 rings (SSSR count). The van der Waals surface area contributed by atoms with E-state index in [0.29, 0.717) is 5.92 Å². The summed E-state index contributed by atoms with van der Waals surface area (Å²) >= 11 is 0. The van der Waals surface area contributed by atoms with Crippen LogP contribution in [0.3, 0.4) is 0 Å². The third-order valence-electron chi connectivity index (χ3n) is 4.43. The smallest absolute Gasteiger partial charge is 0.244 e. The second kappa shape index (κ2) is 5.56. The van der Waals surface area contributed by atoms with Gasteiger partial charge < -0.3 is 4.52 Å². The standard InChI is InChI=1S/C16H20N4O/c1-2-10-20(11-12-6-8-17-9-7-12)14(3-1)16-18-15(19-21-16)13-4-5-13/h6-9,13-14H,1-5,10-11H2/t14-/m1/s1. The highest BCUT2D eigenvalue weighted by atomic mass is 16.5. The summed E-state index contributed by atoms with van der Waals surface area (Å²) in [6, 6.07) is 4.43. The lowest BCUT2D eigenvalue weighted by Gasteiger charge is -2.33. The molecule has 5 nitrogen and oxygen atoms in total. The van der Waals surface area contributed by atoms with E-state index in [-0.39, 0.29) is 6.04 Å². The molecule has 0 N–H and O–H groups in total. The van der Waals surface area contributed by atoms with Crippen LogP contribution in [0.4, 0.5) is 0 Å². The SMILES string of the molecule is c1cc(CN2CCCC[C@@H]2c2nc(C3CC3)no2)ccn1. The second-order valence-electron chi connectivity index (χ2n) is 6.10. The third kappa shape index (κ3) is 2.83. The van der Waals surface area contributed by atoms with E-state index in [2.05, 4.69) is 32.2 Å². The molecule has 1 saturated heterocycles. The van der Waals surface area contributed by atoms with E-state index in [1.807, 2.05) is 12.4 Å². The van der Waals surface area contributed by atoms with Gasteiger partial charge in [0.15, 0.2) is 5.82 Å². The maximum absolute atomic E-state index is 5.56. The summed E-state index contributed by atoms with van der Waals surface area (Å²) in [6.07, 6.45) is 9.72. The first-order valence-corrected chi connectivity index (χ1v) is 7.86. The first-order valence-electron chi connectivity index (χ1n) is 7.86. The highest BCUT2D eigenvalue weighted by molar-refractivity contribution is 5.11. The van der Waals surface area contributed by atoms with Crippen molar-refractivity contribution in [3.8, 4) is 0 Å². The van der Waals surface area contributed by atoms with E-state index < -0.39 is 0 Å². The Labute approximate surface area is 124 Å². The van der Waals surface area contributed by atoms with Gasteiger partial charge in [0.05, 0.1) is 6.04 Å². The van der Waals surface area contributed by atoms with E-state index >= 15 is 0 Å². The van der Waals surface area contributed by atoms with Crippen LogP contribution in [0.25, 0.3) is 0 Å². The minimum absolute atomic E-state index is 0.270. The molecule has 0 amide bonds. The lowest BCUT2D eigenvalue weighted by Crippen LogP contribution is -2.33. The predicted octanol–water partition coefficient (Wildman–Crippen LogP) is 3.07. The van der Waals surface area contributed by atoms with Crippen LogP contribution >= 0.6 is 0 Å². The average Bonchev–Trinajstić information content (AvgIpc) is 3.27. The Kier molecular flexibility index (Phi) is 3.43. The third-order valence-corrected chi connectivity index (χ3v) is 4.43. The van der Waals surface area contributed by atoms with Gasteiger partial charge in [0.25, 0.3) is 0 Å². The minimum atomic E-state index is 0.270. The zero-order valence-electron chi connectivity index (χ0n) is 12.1. The largest absolute Gasteiger partial charge is 0.338 e. The molecule has 2 aromatic rings. The van der Waals surface area contributed by atoms with Crippen molar-refractivity contribution in [2.45, 2.75) is 50.6 Å². The molecule has 0 spiro atoms. The van der Waals surface area contributed by atoms with Crippen molar-refractivity contribution < 1.29 is 4.52 Å². The van der Waals surface area contributed by atoms with Crippen LogP contribution in [-0.2, 0) is 6.54 Å². The van der Waals surface area contributed by atoms with Gasteiger partial charge in [0, 0.05) is 24.9 Å². The molecular weight excluding hydrogens is 264 g/mol. The maximum atomic E-state index is 5.56. The van der Waals surface area contributed by atoms with Crippen LogP contribution in [0.1, 0.15) is 61.3 Å². The molecule has 0 unspecified atom stereocenters. The number of pyridine rings is 1. The summed E-state index contributed by atoms with van der Waals surface area (Å²) in [5.74, 6) is 2.28. The summed E-state index contributed by atoms with van der Waals surface area (Å²) in [5, 5.41) is 4.17. The molecule has 110 valence electrons. The van der Waals surface area contributed by atoms with E-state index in [1.54, 1.807) is 0 Å². The summed E-state index contributed by atoms with van der Waals surface area (Å²) in [5.41, 5.74) is 1.29. The fourth-order valence-corrected chi connectivity index (χ4v) is 3.07. The summed E-state index contributed by atoms with van der Waals surface area (Å²) in [6.45, 7) is 2.02. The van der Waals surface area contributed by atoms with E-state index in [1.165, 1.54) is 31.2 Å². The zero-order valence-corrected chi connectivity index (χ0v) is 12.1. The van der Waals surface area contributed by atoms with Gasteiger partial charge in [-0.1, -0.05) is 11.6 Å². The number of hydrogen-bond donors (Lipinski definition) is 0. The quantitative estimate of drug-likeness (QED) is 0.863. The lowest BCUT2D eigenvalue weighted by atomic mass is 10.0. The van der Waals surface area contributed by atoms with Gasteiger partial charge >= 0.3 is 0 Å². The molecule has 0 bridgehead atoms. The van der Waals surface area contributed by atoms with Crippen LogP contribution in [-0.4, -0.2) is 26.6 Å². The predicted molar refractivity (Wildman–Crippen MR) is 77.5 cm³/mol. The maximum Gasteiger partial charge on any atom is 0.244 e. The number of piperidine rings is 1. The number of rotatable bonds is 4. The van der Waals surface area contributed by atoms with Crippen molar-refractivity contribution in [3.05, 3.63) is 41.8 Å². The van der Waals surface area contributed by atoms with Crippen LogP contribution in [0.15, 0.2) is 29.0 Å². The van der Waals surface area contributed by atoms with Crippen LogP contribution < -0.4 is 0 Å². The monoisotopic (exact) mass is 284 g/mol. The van der Waals surface area contributed by atoms with Crippen molar-refractivity contribution in [3.63, 3.8) is 0 Å². The fourth-order valence-electron chi connectivity index (χ4n) is 3.07. The highest BCUT2D eigenvalue weighted by Gasteiger charge is 2.33. The number of nitrogens with zero attached hydrogens (tertiary/aromatic N) is 4. The molecule has 3 heterocycles. The van der Waals surface area contributed by atoms with Crippen LogP contribution in [0, 0.1) is 0 Å². The molecule has 2 fully saturated rings. The Morgan fingerprint density at radius 1 is 1.14 bits per heavy atom. The summed E-state index contributed by atoms with van der Waals surface area (Å²) in [7, 11) is 0. The second-order valence-corrected chi connectivity index (χ2v) is 6.10. The van der Waals surface area contributed by atoms with Crippen LogP contribution in [0.2, 0.25) is 0 Å². The van der Waals surface area contributed by atoms with E-state index in [4.69, 9.17) is 4.52 Å². The Hall–Kier alpha value is -1.75. The molecule has 0 aromatic carbocycles. The summed E-state index contributed by atoms with van der Waals surface area (Å²) < 4.78 is 5.56. The normalized spacial score (nSPS) is 23.3.